The van der Waals surface area contributed by atoms with E-state index in [1.165, 1.54) is 0 Å². The number of piperazine rings is 1. The molecule has 3 heterocycles. The van der Waals surface area contributed by atoms with E-state index >= 15 is 0 Å². The zero-order valence-electron chi connectivity index (χ0n) is 18.5. The Morgan fingerprint density at radius 2 is 1.53 bits per heavy atom. The summed E-state index contributed by atoms with van der Waals surface area (Å²) in [5, 5.41) is 8.56. The smallest absolute Gasteiger partial charge is 0.260 e. The van der Waals surface area contributed by atoms with E-state index in [9.17, 15) is 4.79 Å². The van der Waals surface area contributed by atoms with Gasteiger partial charge in [-0.2, -0.15) is 0 Å². The average molecular weight is 457 g/mol. The highest BCUT2D eigenvalue weighted by Crippen LogP contribution is 2.24. The van der Waals surface area contributed by atoms with Crippen LogP contribution >= 0.6 is 0 Å². The van der Waals surface area contributed by atoms with Crippen LogP contribution in [-0.4, -0.2) is 53.8 Å². The first-order valence-corrected chi connectivity index (χ1v) is 11.1. The number of aromatic nitrogens is 2. The van der Waals surface area contributed by atoms with Crippen molar-refractivity contribution in [3.63, 3.8) is 0 Å². The zero-order chi connectivity index (χ0) is 23.2. The molecule has 0 aliphatic carbocycles. The normalized spacial score (nSPS) is 13.5. The molecular formula is C26H24N4O4. The van der Waals surface area contributed by atoms with Gasteiger partial charge >= 0.3 is 0 Å². The first-order valence-electron chi connectivity index (χ1n) is 11.1. The number of rotatable bonds is 7. The first-order chi connectivity index (χ1) is 16.7. The molecule has 1 amide bonds. The van der Waals surface area contributed by atoms with Crippen molar-refractivity contribution in [1.29, 1.82) is 0 Å². The summed E-state index contributed by atoms with van der Waals surface area (Å²) in [7, 11) is 0. The van der Waals surface area contributed by atoms with Crippen molar-refractivity contribution >= 4 is 11.7 Å². The molecule has 1 saturated heterocycles. The number of amides is 1. The summed E-state index contributed by atoms with van der Waals surface area (Å²) in [5.41, 5.74) is 0.694. The summed E-state index contributed by atoms with van der Waals surface area (Å²) in [6.07, 6.45) is 1.61. The van der Waals surface area contributed by atoms with Gasteiger partial charge in [0.15, 0.2) is 18.2 Å². The molecule has 0 saturated carbocycles. The van der Waals surface area contributed by atoms with Gasteiger partial charge in [-0.25, -0.2) is 0 Å². The van der Waals surface area contributed by atoms with Crippen molar-refractivity contribution in [2.24, 2.45) is 0 Å². The Morgan fingerprint density at radius 1 is 0.794 bits per heavy atom. The Morgan fingerprint density at radius 3 is 2.21 bits per heavy atom. The lowest BCUT2D eigenvalue weighted by atomic mass is 10.2. The molecule has 4 aromatic rings. The molecule has 0 atom stereocenters. The van der Waals surface area contributed by atoms with Gasteiger partial charge in [-0.15, -0.1) is 10.2 Å². The third-order valence-electron chi connectivity index (χ3n) is 5.55. The average Bonchev–Trinajstić information content (AvgIpc) is 3.44. The molecule has 8 nitrogen and oxygen atoms in total. The van der Waals surface area contributed by atoms with Crippen LogP contribution in [0, 0.1) is 0 Å². The topological polar surface area (TPSA) is 80.9 Å². The van der Waals surface area contributed by atoms with E-state index in [2.05, 4.69) is 15.1 Å². The summed E-state index contributed by atoms with van der Waals surface area (Å²) in [5.74, 6) is 3.54. The summed E-state index contributed by atoms with van der Waals surface area (Å²) >= 11 is 0. The van der Waals surface area contributed by atoms with E-state index in [0.29, 0.717) is 49.1 Å². The van der Waals surface area contributed by atoms with E-state index < -0.39 is 0 Å². The molecule has 2 aromatic heterocycles. The maximum Gasteiger partial charge on any atom is 0.260 e. The summed E-state index contributed by atoms with van der Waals surface area (Å²) in [4.78, 5) is 16.6. The van der Waals surface area contributed by atoms with Crippen LogP contribution in [0.4, 0.5) is 5.82 Å². The number of hydrogen-bond donors (Lipinski definition) is 0. The molecule has 0 N–H and O–H groups in total. The fourth-order valence-corrected chi connectivity index (χ4v) is 3.70. The largest absolute Gasteiger partial charge is 0.484 e. The minimum atomic E-state index is -0.0384. The van der Waals surface area contributed by atoms with Gasteiger partial charge in [-0.1, -0.05) is 18.2 Å². The van der Waals surface area contributed by atoms with E-state index in [4.69, 9.17) is 13.9 Å². The summed E-state index contributed by atoms with van der Waals surface area (Å²) in [6.45, 7) is 2.58. The number of benzene rings is 2. The fraction of sp³-hybridized carbons (Fsp3) is 0.192. The Bertz CT molecular complexity index is 1190. The molecule has 0 bridgehead atoms. The second-order valence-corrected chi connectivity index (χ2v) is 7.80. The van der Waals surface area contributed by atoms with Gasteiger partial charge < -0.3 is 23.7 Å². The Hall–Kier alpha value is -4.33. The SMILES string of the molecule is O=C(COc1ccc(Oc2ccccc2)cc1)N1CCN(c2ccc(-c3ccco3)nn2)CC1. The first kappa shape index (κ1) is 21.5. The van der Waals surface area contributed by atoms with Crippen LogP contribution in [0.2, 0.25) is 0 Å². The van der Waals surface area contributed by atoms with Gasteiger partial charge in [-0.05, 0) is 60.7 Å². The van der Waals surface area contributed by atoms with E-state index in [1.54, 1.807) is 18.4 Å². The van der Waals surface area contributed by atoms with Crippen LogP contribution in [0.15, 0.2) is 89.5 Å². The van der Waals surface area contributed by atoms with Crippen molar-refractivity contribution < 1.29 is 18.7 Å². The minimum absolute atomic E-state index is 0.00343. The van der Waals surface area contributed by atoms with Crippen LogP contribution in [-0.2, 0) is 4.79 Å². The number of para-hydroxylation sites is 1. The number of furan rings is 1. The minimum Gasteiger partial charge on any atom is -0.484 e. The third-order valence-corrected chi connectivity index (χ3v) is 5.55. The Labute approximate surface area is 197 Å². The van der Waals surface area contributed by atoms with Crippen LogP contribution in [0.3, 0.4) is 0 Å². The standard InChI is InChI=1S/C26H24N4O4/c31-26(19-33-20-8-10-22(11-9-20)34-21-5-2-1-3-6-21)30-16-14-29(15-17-30)25-13-12-23(27-28-25)24-7-4-18-32-24/h1-13,18H,14-17,19H2. The number of nitrogens with zero attached hydrogens (tertiary/aromatic N) is 4. The van der Waals surface area contributed by atoms with E-state index in [-0.39, 0.29) is 12.5 Å². The maximum absolute atomic E-state index is 12.6. The molecule has 172 valence electrons. The molecule has 1 fully saturated rings. The van der Waals surface area contributed by atoms with Crippen LogP contribution in [0.5, 0.6) is 17.2 Å². The Kier molecular flexibility index (Phi) is 6.38. The van der Waals surface area contributed by atoms with Gasteiger partial charge in [0.1, 0.15) is 22.9 Å². The van der Waals surface area contributed by atoms with Crippen molar-refractivity contribution in [1.82, 2.24) is 15.1 Å². The van der Waals surface area contributed by atoms with Gasteiger partial charge in [0.05, 0.1) is 6.26 Å². The molecule has 2 aromatic carbocycles. The molecule has 1 aliphatic rings. The van der Waals surface area contributed by atoms with Crippen LogP contribution in [0.1, 0.15) is 0 Å². The monoisotopic (exact) mass is 456 g/mol. The number of anilines is 1. The number of ether oxygens (including phenoxy) is 2. The summed E-state index contributed by atoms with van der Waals surface area (Å²) < 4.78 is 16.8. The van der Waals surface area contributed by atoms with E-state index in [1.807, 2.05) is 71.6 Å². The predicted molar refractivity (Wildman–Crippen MR) is 127 cm³/mol. The zero-order valence-corrected chi connectivity index (χ0v) is 18.5. The lowest BCUT2D eigenvalue weighted by Gasteiger charge is -2.35. The maximum atomic E-state index is 12.6. The van der Waals surface area contributed by atoms with Gasteiger partial charge in [0.2, 0.25) is 0 Å². The molecule has 8 heteroatoms. The number of carbonyl (C=O) groups is 1. The molecule has 5 rings (SSSR count). The predicted octanol–water partition coefficient (Wildman–Crippen LogP) is 4.26. The lowest BCUT2D eigenvalue weighted by Crippen LogP contribution is -2.50. The molecule has 0 spiro atoms. The quantitative estimate of drug-likeness (QED) is 0.411. The van der Waals surface area contributed by atoms with Gasteiger partial charge in [-0.3, -0.25) is 4.79 Å². The fourth-order valence-electron chi connectivity index (χ4n) is 3.70. The molecule has 34 heavy (non-hydrogen) atoms. The molecule has 0 radical (unpaired) electrons. The lowest BCUT2D eigenvalue weighted by molar-refractivity contribution is -0.133. The second-order valence-electron chi connectivity index (χ2n) is 7.80. The summed E-state index contributed by atoms with van der Waals surface area (Å²) in [6, 6.07) is 24.3. The molecule has 0 unspecified atom stereocenters. The number of hydrogen-bond acceptors (Lipinski definition) is 7. The molecule has 1 aliphatic heterocycles. The van der Waals surface area contributed by atoms with Gasteiger partial charge in [0.25, 0.3) is 5.91 Å². The highest BCUT2D eigenvalue weighted by Gasteiger charge is 2.22. The van der Waals surface area contributed by atoms with Crippen molar-refractivity contribution in [2.45, 2.75) is 0 Å². The third kappa shape index (κ3) is 5.17. The van der Waals surface area contributed by atoms with Crippen molar-refractivity contribution in [3.05, 3.63) is 85.1 Å². The van der Waals surface area contributed by atoms with Gasteiger partial charge in [0, 0.05) is 26.2 Å². The van der Waals surface area contributed by atoms with Crippen molar-refractivity contribution in [2.75, 3.05) is 37.7 Å². The van der Waals surface area contributed by atoms with Crippen LogP contribution < -0.4 is 14.4 Å². The second kappa shape index (κ2) is 10.1. The highest BCUT2D eigenvalue weighted by molar-refractivity contribution is 5.78. The highest BCUT2D eigenvalue weighted by atomic mass is 16.5. The van der Waals surface area contributed by atoms with Crippen LogP contribution in [0.25, 0.3) is 11.5 Å². The number of carbonyl (C=O) groups excluding carboxylic acids is 1. The van der Waals surface area contributed by atoms with E-state index in [0.717, 1.165) is 11.6 Å². The molecular weight excluding hydrogens is 432 g/mol. The Balaban J connectivity index is 1.08. The van der Waals surface area contributed by atoms with Crippen molar-refractivity contribution in [3.8, 4) is 28.7 Å².